The molecule has 1 aromatic carbocycles. The van der Waals surface area contributed by atoms with Crippen LogP contribution >= 0.6 is 11.6 Å². The van der Waals surface area contributed by atoms with E-state index in [0.717, 1.165) is 17.5 Å². The summed E-state index contributed by atoms with van der Waals surface area (Å²) in [7, 11) is 1.58. The Kier molecular flexibility index (Phi) is 3.88. The number of rotatable bonds is 4. The normalized spacial score (nSPS) is 27.6. The number of hydrogen-bond acceptors (Lipinski definition) is 2. The van der Waals surface area contributed by atoms with Gasteiger partial charge in [-0.15, -0.1) is 0 Å². The third-order valence-corrected chi connectivity index (χ3v) is 5.06. The predicted molar refractivity (Wildman–Crippen MR) is 80.2 cm³/mol. The van der Waals surface area contributed by atoms with E-state index in [1.807, 2.05) is 6.07 Å². The van der Waals surface area contributed by atoms with Crippen molar-refractivity contribution in [1.29, 1.82) is 0 Å². The molecule has 3 nitrogen and oxygen atoms in total. The molecule has 1 N–H and O–H groups in total. The molecule has 2 fully saturated rings. The standard InChI is InChI=1S/C16H20ClNO2/c1-20-15-5-4-13(9-14(15)17)18-16(19)8-12-7-10-2-3-11(12)6-10/h4-5,9-12H,2-3,6-8H2,1H3,(H,18,19)/t10-,11-,12+/m1/s1. The summed E-state index contributed by atoms with van der Waals surface area (Å²) in [4.78, 5) is 12.1. The Hall–Kier alpha value is -1.22. The molecule has 108 valence electrons. The molecule has 4 heteroatoms. The number of anilines is 1. The largest absolute Gasteiger partial charge is 0.495 e. The first kappa shape index (κ1) is 13.7. The molecule has 3 atom stereocenters. The van der Waals surface area contributed by atoms with Gasteiger partial charge < -0.3 is 10.1 Å². The molecule has 1 amide bonds. The lowest BCUT2D eigenvalue weighted by Gasteiger charge is -2.21. The van der Waals surface area contributed by atoms with Crippen LogP contribution in [0.4, 0.5) is 5.69 Å². The van der Waals surface area contributed by atoms with E-state index < -0.39 is 0 Å². The number of amides is 1. The lowest BCUT2D eigenvalue weighted by molar-refractivity contribution is -0.117. The van der Waals surface area contributed by atoms with Crippen molar-refractivity contribution in [2.75, 3.05) is 12.4 Å². The van der Waals surface area contributed by atoms with Crippen LogP contribution in [-0.4, -0.2) is 13.0 Å². The van der Waals surface area contributed by atoms with Crippen molar-refractivity contribution >= 4 is 23.2 Å². The maximum Gasteiger partial charge on any atom is 0.224 e. The van der Waals surface area contributed by atoms with Crippen molar-refractivity contribution in [3.63, 3.8) is 0 Å². The quantitative estimate of drug-likeness (QED) is 0.907. The third-order valence-electron chi connectivity index (χ3n) is 4.77. The van der Waals surface area contributed by atoms with Crippen LogP contribution in [0.3, 0.4) is 0 Å². The second-order valence-corrected chi connectivity index (χ2v) is 6.44. The molecule has 2 aliphatic carbocycles. The Morgan fingerprint density at radius 1 is 1.40 bits per heavy atom. The van der Waals surface area contributed by atoms with Crippen molar-refractivity contribution in [3.8, 4) is 5.75 Å². The van der Waals surface area contributed by atoms with Gasteiger partial charge in [-0.2, -0.15) is 0 Å². The molecule has 2 saturated carbocycles. The highest BCUT2D eigenvalue weighted by atomic mass is 35.5. The van der Waals surface area contributed by atoms with Gasteiger partial charge in [-0.25, -0.2) is 0 Å². The molecule has 2 aliphatic rings. The molecule has 0 aromatic heterocycles. The van der Waals surface area contributed by atoms with Gasteiger partial charge in [0.15, 0.2) is 0 Å². The summed E-state index contributed by atoms with van der Waals surface area (Å²) >= 11 is 6.06. The van der Waals surface area contributed by atoms with E-state index in [-0.39, 0.29) is 5.91 Å². The van der Waals surface area contributed by atoms with Crippen LogP contribution in [0.1, 0.15) is 32.1 Å². The average molecular weight is 294 g/mol. The first-order chi connectivity index (χ1) is 9.65. The number of methoxy groups -OCH3 is 1. The number of benzene rings is 1. The summed E-state index contributed by atoms with van der Waals surface area (Å²) in [6, 6.07) is 5.33. The van der Waals surface area contributed by atoms with Gasteiger partial charge in [0.2, 0.25) is 5.91 Å². The third kappa shape index (κ3) is 2.78. The summed E-state index contributed by atoms with van der Waals surface area (Å²) < 4.78 is 5.10. The second-order valence-electron chi connectivity index (χ2n) is 6.04. The minimum atomic E-state index is 0.101. The first-order valence-electron chi connectivity index (χ1n) is 7.29. The van der Waals surface area contributed by atoms with Crippen molar-refractivity contribution < 1.29 is 9.53 Å². The fourth-order valence-corrected chi connectivity index (χ4v) is 4.08. The van der Waals surface area contributed by atoms with Gasteiger partial charge in [0.05, 0.1) is 12.1 Å². The second kappa shape index (κ2) is 5.65. The molecule has 0 heterocycles. The Morgan fingerprint density at radius 2 is 2.25 bits per heavy atom. The van der Waals surface area contributed by atoms with Crippen LogP contribution in [0.15, 0.2) is 18.2 Å². The number of fused-ring (bicyclic) bond motifs is 2. The van der Waals surface area contributed by atoms with Gasteiger partial charge in [0, 0.05) is 12.1 Å². The number of carbonyl (C=O) groups excluding carboxylic acids is 1. The minimum absolute atomic E-state index is 0.101. The molecule has 3 rings (SSSR count). The Morgan fingerprint density at radius 3 is 2.85 bits per heavy atom. The maximum absolute atomic E-state index is 12.1. The van der Waals surface area contributed by atoms with Crippen molar-refractivity contribution in [1.82, 2.24) is 0 Å². The smallest absolute Gasteiger partial charge is 0.224 e. The highest BCUT2D eigenvalue weighted by molar-refractivity contribution is 6.32. The number of ether oxygens (including phenoxy) is 1. The summed E-state index contributed by atoms with van der Waals surface area (Å²) in [6.07, 6.45) is 5.91. The van der Waals surface area contributed by atoms with Crippen molar-refractivity contribution in [3.05, 3.63) is 23.2 Å². The number of carbonyl (C=O) groups is 1. The van der Waals surface area contributed by atoms with Gasteiger partial charge in [-0.05, 0) is 55.2 Å². The summed E-state index contributed by atoms with van der Waals surface area (Å²) in [5, 5.41) is 3.46. The van der Waals surface area contributed by atoms with Crippen molar-refractivity contribution in [2.24, 2.45) is 17.8 Å². The highest BCUT2D eigenvalue weighted by Gasteiger charge is 2.40. The molecule has 0 radical (unpaired) electrons. The fraction of sp³-hybridized carbons (Fsp3) is 0.562. The first-order valence-corrected chi connectivity index (χ1v) is 7.67. The van der Waals surface area contributed by atoms with E-state index in [1.165, 1.54) is 25.7 Å². The molecule has 0 spiro atoms. The average Bonchev–Trinajstić information content (AvgIpc) is 3.01. The summed E-state index contributed by atoms with van der Waals surface area (Å²) in [5.74, 6) is 2.97. The molecular weight excluding hydrogens is 274 g/mol. The number of nitrogens with one attached hydrogen (secondary N) is 1. The van der Waals surface area contributed by atoms with Gasteiger partial charge in [-0.3, -0.25) is 4.79 Å². The van der Waals surface area contributed by atoms with Crippen LogP contribution < -0.4 is 10.1 Å². The monoisotopic (exact) mass is 293 g/mol. The molecule has 2 bridgehead atoms. The molecule has 1 aromatic rings. The maximum atomic E-state index is 12.1. The Labute approximate surface area is 124 Å². The SMILES string of the molecule is COc1ccc(NC(=O)C[C@@H]2C[C@@H]3CC[C@@H]2C3)cc1Cl. The van der Waals surface area contributed by atoms with E-state index >= 15 is 0 Å². The molecule has 0 aliphatic heterocycles. The molecule has 20 heavy (non-hydrogen) atoms. The van der Waals surface area contributed by atoms with Crippen LogP contribution in [0.2, 0.25) is 5.02 Å². The van der Waals surface area contributed by atoms with Crippen LogP contribution in [0, 0.1) is 17.8 Å². The molecular formula is C16H20ClNO2. The zero-order chi connectivity index (χ0) is 14.1. The zero-order valence-electron chi connectivity index (χ0n) is 11.7. The minimum Gasteiger partial charge on any atom is -0.495 e. The number of hydrogen-bond donors (Lipinski definition) is 1. The van der Waals surface area contributed by atoms with Crippen LogP contribution in [-0.2, 0) is 4.79 Å². The summed E-state index contributed by atoms with van der Waals surface area (Å²) in [5.41, 5.74) is 0.740. The van der Waals surface area contributed by atoms with Gasteiger partial charge in [0.1, 0.15) is 5.75 Å². The van der Waals surface area contributed by atoms with Crippen molar-refractivity contribution in [2.45, 2.75) is 32.1 Å². The van der Waals surface area contributed by atoms with Gasteiger partial charge in [-0.1, -0.05) is 18.0 Å². The van der Waals surface area contributed by atoms with Crippen LogP contribution in [0.5, 0.6) is 5.75 Å². The predicted octanol–water partition coefficient (Wildman–Crippen LogP) is 4.11. The topological polar surface area (TPSA) is 38.3 Å². The summed E-state index contributed by atoms with van der Waals surface area (Å²) in [6.45, 7) is 0. The number of halogens is 1. The van der Waals surface area contributed by atoms with Crippen LogP contribution in [0.25, 0.3) is 0 Å². The highest BCUT2D eigenvalue weighted by Crippen LogP contribution is 2.49. The zero-order valence-corrected chi connectivity index (χ0v) is 12.5. The lowest BCUT2D eigenvalue weighted by Crippen LogP contribution is -2.20. The van der Waals surface area contributed by atoms with Gasteiger partial charge >= 0.3 is 0 Å². The Bertz CT molecular complexity index is 517. The van der Waals surface area contributed by atoms with E-state index in [0.29, 0.717) is 23.1 Å². The lowest BCUT2D eigenvalue weighted by atomic mass is 9.86. The van der Waals surface area contributed by atoms with E-state index in [4.69, 9.17) is 16.3 Å². The molecule has 0 saturated heterocycles. The van der Waals surface area contributed by atoms with E-state index in [1.54, 1.807) is 19.2 Å². The fourth-order valence-electron chi connectivity index (χ4n) is 3.82. The molecule has 0 unspecified atom stereocenters. The van der Waals surface area contributed by atoms with E-state index in [2.05, 4.69) is 5.32 Å². The Balaban J connectivity index is 1.57. The van der Waals surface area contributed by atoms with E-state index in [9.17, 15) is 4.79 Å². The van der Waals surface area contributed by atoms with Gasteiger partial charge in [0.25, 0.3) is 0 Å².